The van der Waals surface area contributed by atoms with Crippen LogP contribution in [0, 0.1) is 5.92 Å². The smallest absolute Gasteiger partial charge is 0.234 e. The van der Waals surface area contributed by atoms with Crippen LogP contribution in [0.15, 0.2) is 23.4 Å². The van der Waals surface area contributed by atoms with E-state index in [1.807, 2.05) is 11.6 Å². The zero-order valence-electron chi connectivity index (χ0n) is 15.4. The molecule has 1 aromatic heterocycles. The average molecular weight is 427 g/mol. The first kappa shape index (κ1) is 20.5. The van der Waals surface area contributed by atoms with Crippen LogP contribution in [0.5, 0.6) is 0 Å². The van der Waals surface area contributed by atoms with E-state index < -0.39 is 0 Å². The third-order valence-corrected chi connectivity index (χ3v) is 6.53. The highest BCUT2D eigenvalue weighted by Gasteiger charge is 2.16. The van der Waals surface area contributed by atoms with Crippen LogP contribution in [0.2, 0.25) is 10.0 Å². The van der Waals surface area contributed by atoms with Crippen LogP contribution < -0.4 is 5.32 Å². The Kier molecular flexibility index (Phi) is 7.44. The Morgan fingerprint density at radius 1 is 1.26 bits per heavy atom. The summed E-state index contributed by atoms with van der Waals surface area (Å²) in [4.78, 5) is 12.2. The molecule has 1 aromatic carbocycles. The Balaban J connectivity index is 1.49. The molecule has 8 heteroatoms. The van der Waals surface area contributed by atoms with Crippen molar-refractivity contribution in [2.45, 2.75) is 50.1 Å². The first-order valence-corrected chi connectivity index (χ1v) is 11.0. The number of aromatic nitrogens is 3. The minimum Gasteiger partial charge on any atom is -0.324 e. The number of aryl methyl sites for hydroxylation is 1. The molecular weight excluding hydrogens is 403 g/mol. The molecule has 0 bridgehead atoms. The molecule has 0 unspecified atom stereocenters. The van der Waals surface area contributed by atoms with E-state index in [9.17, 15) is 4.79 Å². The topological polar surface area (TPSA) is 59.8 Å². The number of hydrogen-bond donors (Lipinski definition) is 1. The molecule has 2 aromatic rings. The quantitative estimate of drug-likeness (QED) is 0.604. The summed E-state index contributed by atoms with van der Waals surface area (Å²) < 4.78 is 2.00. The predicted octanol–water partition coefficient (Wildman–Crippen LogP) is 5.37. The molecule has 1 aliphatic carbocycles. The van der Waals surface area contributed by atoms with Crippen LogP contribution in [0.4, 0.5) is 5.69 Å². The molecule has 0 aliphatic heterocycles. The van der Waals surface area contributed by atoms with E-state index in [0.717, 1.165) is 23.3 Å². The molecule has 0 radical (unpaired) electrons. The molecule has 146 valence electrons. The summed E-state index contributed by atoms with van der Waals surface area (Å²) in [7, 11) is 1.96. The maximum Gasteiger partial charge on any atom is 0.234 e. The summed E-state index contributed by atoms with van der Waals surface area (Å²) in [5.41, 5.74) is 0.554. The van der Waals surface area contributed by atoms with Gasteiger partial charge in [0.1, 0.15) is 5.82 Å². The summed E-state index contributed by atoms with van der Waals surface area (Å²) in [5, 5.41) is 13.1. The van der Waals surface area contributed by atoms with Gasteiger partial charge in [0.25, 0.3) is 0 Å². The van der Waals surface area contributed by atoms with Gasteiger partial charge in [-0.15, -0.1) is 10.2 Å². The fraction of sp³-hybridized carbons (Fsp3) is 0.526. The second-order valence-electron chi connectivity index (χ2n) is 6.96. The molecule has 27 heavy (non-hydrogen) atoms. The first-order chi connectivity index (χ1) is 13.0. The molecule has 0 saturated heterocycles. The lowest BCUT2D eigenvalue weighted by Gasteiger charge is -2.20. The minimum atomic E-state index is -0.143. The largest absolute Gasteiger partial charge is 0.324 e. The zero-order chi connectivity index (χ0) is 19.2. The highest BCUT2D eigenvalue weighted by atomic mass is 35.5. The van der Waals surface area contributed by atoms with Gasteiger partial charge in [-0.05, 0) is 30.5 Å². The maximum atomic E-state index is 12.2. The summed E-state index contributed by atoms with van der Waals surface area (Å²) in [6, 6.07) is 4.99. The van der Waals surface area contributed by atoms with Gasteiger partial charge in [-0.25, -0.2) is 0 Å². The van der Waals surface area contributed by atoms with Crippen molar-refractivity contribution in [1.29, 1.82) is 0 Å². The molecule has 1 N–H and O–H groups in total. The van der Waals surface area contributed by atoms with Gasteiger partial charge in [0, 0.05) is 18.5 Å². The lowest BCUT2D eigenvalue weighted by molar-refractivity contribution is -0.113. The Bertz CT molecular complexity index is 790. The number of benzene rings is 1. The predicted molar refractivity (Wildman–Crippen MR) is 112 cm³/mol. The van der Waals surface area contributed by atoms with Crippen molar-refractivity contribution in [2.24, 2.45) is 13.0 Å². The van der Waals surface area contributed by atoms with Crippen LogP contribution in [0.1, 0.15) is 44.3 Å². The molecule has 0 atom stereocenters. The normalized spacial score (nSPS) is 15.1. The highest BCUT2D eigenvalue weighted by molar-refractivity contribution is 7.99. The van der Waals surface area contributed by atoms with E-state index in [1.54, 1.807) is 18.2 Å². The van der Waals surface area contributed by atoms with Crippen molar-refractivity contribution in [3.05, 3.63) is 34.1 Å². The number of anilines is 1. The standard InChI is InChI=1S/C19H24Cl2N4OS/c1-25-17(10-7-13-5-3-2-4-6-13)23-24-19(25)27-12-18(26)22-16-9-8-14(20)11-15(16)21/h8-9,11,13H,2-7,10,12H2,1H3,(H,22,26). The van der Waals surface area contributed by atoms with Gasteiger partial charge in [-0.1, -0.05) is 67.1 Å². The van der Waals surface area contributed by atoms with Gasteiger partial charge in [-0.2, -0.15) is 0 Å². The Labute approximate surface area is 174 Å². The maximum absolute atomic E-state index is 12.2. The Morgan fingerprint density at radius 2 is 2.04 bits per heavy atom. The van der Waals surface area contributed by atoms with Crippen LogP contribution >= 0.6 is 35.0 Å². The number of halogens is 2. The minimum absolute atomic E-state index is 0.143. The summed E-state index contributed by atoms with van der Waals surface area (Å²) in [5.74, 6) is 1.91. The van der Waals surface area contributed by atoms with Gasteiger partial charge in [0.15, 0.2) is 5.16 Å². The van der Waals surface area contributed by atoms with Crippen molar-refractivity contribution < 1.29 is 4.79 Å². The Hall–Kier alpha value is -1.24. The number of nitrogens with one attached hydrogen (secondary N) is 1. The van der Waals surface area contributed by atoms with Gasteiger partial charge >= 0.3 is 0 Å². The number of carbonyl (C=O) groups is 1. The second-order valence-corrected chi connectivity index (χ2v) is 8.75. The molecule has 0 spiro atoms. The molecule has 1 amide bonds. The average Bonchev–Trinajstić information content (AvgIpc) is 3.01. The summed E-state index contributed by atoms with van der Waals surface area (Å²) in [6.45, 7) is 0. The molecule has 5 nitrogen and oxygen atoms in total. The van der Waals surface area contributed by atoms with Gasteiger partial charge in [0.2, 0.25) is 5.91 Å². The second kappa shape index (κ2) is 9.80. The van der Waals surface area contributed by atoms with Crippen molar-refractivity contribution in [1.82, 2.24) is 14.8 Å². The van der Waals surface area contributed by atoms with E-state index in [0.29, 0.717) is 15.7 Å². The van der Waals surface area contributed by atoms with Crippen LogP contribution in [0.25, 0.3) is 0 Å². The zero-order valence-corrected chi connectivity index (χ0v) is 17.7. The molecule has 1 saturated carbocycles. The van der Waals surface area contributed by atoms with E-state index in [4.69, 9.17) is 23.2 Å². The number of hydrogen-bond acceptors (Lipinski definition) is 4. The Morgan fingerprint density at radius 3 is 2.78 bits per heavy atom. The summed E-state index contributed by atoms with van der Waals surface area (Å²) in [6.07, 6.45) is 8.90. The van der Waals surface area contributed by atoms with Gasteiger partial charge in [0.05, 0.1) is 16.5 Å². The molecule has 1 fully saturated rings. The number of nitrogens with zero attached hydrogens (tertiary/aromatic N) is 3. The van der Waals surface area contributed by atoms with Gasteiger partial charge < -0.3 is 9.88 Å². The lowest BCUT2D eigenvalue weighted by Crippen LogP contribution is -2.15. The highest BCUT2D eigenvalue weighted by Crippen LogP contribution is 2.28. The van der Waals surface area contributed by atoms with Crippen LogP contribution in [0.3, 0.4) is 0 Å². The fourth-order valence-electron chi connectivity index (χ4n) is 3.40. The van der Waals surface area contributed by atoms with E-state index in [-0.39, 0.29) is 11.7 Å². The van der Waals surface area contributed by atoms with E-state index >= 15 is 0 Å². The van der Waals surface area contributed by atoms with E-state index in [2.05, 4.69) is 15.5 Å². The molecule has 1 heterocycles. The van der Waals surface area contributed by atoms with Crippen molar-refractivity contribution in [2.75, 3.05) is 11.1 Å². The van der Waals surface area contributed by atoms with Crippen LogP contribution in [-0.4, -0.2) is 26.4 Å². The third-order valence-electron chi connectivity index (χ3n) is 4.96. The van der Waals surface area contributed by atoms with Crippen molar-refractivity contribution in [3.8, 4) is 0 Å². The lowest BCUT2D eigenvalue weighted by atomic mass is 9.86. The number of amides is 1. The monoisotopic (exact) mass is 426 g/mol. The first-order valence-electron chi connectivity index (χ1n) is 9.29. The SMILES string of the molecule is Cn1c(CCC2CCCCC2)nnc1SCC(=O)Nc1ccc(Cl)cc1Cl. The molecular formula is C19H24Cl2N4OS. The van der Waals surface area contributed by atoms with Crippen LogP contribution in [-0.2, 0) is 18.3 Å². The fourth-order valence-corrected chi connectivity index (χ4v) is 4.59. The number of thioether (sulfide) groups is 1. The van der Waals surface area contributed by atoms with Crippen molar-refractivity contribution >= 4 is 46.6 Å². The van der Waals surface area contributed by atoms with Crippen molar-refractivity contribution in [3.63, 3.8) is 0 Å². The number of rotatable bonds is 7. The number of carbonyl (C=O) groups excluding carboxylic acids is 1. The molecule has 3 rings (SSSR count). The summed E-state index contributed by atoms with van der Waals surface area (Å²) >= 11 is 13.3. The molecule has 1 aliphatic rings. The van der Waals surface area contributed by atoms with Gasteiger partial charge in [-0.3, -0.25) is 4.79 Å². The third kappa shape index (κ3) is 5.87. The van der Waals surface area contributed by atoms with E-state index in [1.165, 1.54) is 50.3 Å².